The zero-order chi connectivity index (χ0) is 16.8. The summed E-state index contributed by atoms with van der Waals surface area (Å²) in [6, 6.07) is 0. The number of carbonyl (C=O) groups is 1. The first kappa shape index (κ1) is 18.4. The Morgan fingerprint density at radius 2 is 2.00 bits per heavy atom. The highest BCUT2D eigenvalue weighted by atomic mass is 16.6. The molecule has 7 heteroatoms. The molecule has 126 valence electrons. The molecule has 0 aliphatic rings. The van der Waals surface area contributed by atoms with Crippen LogP contribution >= 0.6 is 0 Å². The molecule has 0 saturated heterocycles. The van der Waals surface area contributed by atoms with Crippen LogP contribution in [-0.4, -0.2) is 41.1 Å². The van der Waals surface area contributed by atoms with Crippen LogP contribution in [0.2, 0.25) is 0 Å². The number of nitrogens with one attached hydrogen (secondary N) is 3. The Labute approximate surface area is 132 Å². The Balaban J connectivity index is 2.44. The summed E-state index contributed by atoms with van der Waals surface area (Å²) in [6.07, 6.45) is 2.07. The largest absolute Gasteiger partial charge is 0.444 e. The van der Waals surface area contributed by atoms with Crippen molar-refractivity contribution in [1.29, 1.82) is 0 Å². The van der Waals surface area contributed by atoms with Crippen LogP contribution in [0.1, 0.15) is 46.6 Å². The summed E-state index contributed by atoms with van der Waals surface area (Å²) in [7, 11) is 1.71. The highest BCUT2D eigenvalue weighted by Gasteiger charge is 2.18. The zero-order valence-electron chi connectivity index (χ0n) is 14.4. The number of aromatic nitrogens is 2. The quantitative estimate of drug-likeness (QED) is 0.674. The number of hydrogen-bond acceptors (Lipinski definition) is 5. The molecule has 0 fully saturated rings. The van der Waals surface area contributed by atoms with Crippen molar-refractivity contribution in [2.75, 3.05) is 19.0 Å². The average molecular weight is 312 g/mol. The van der Waals surface area contributed by atoms with Crippen molar-refractivity contribution >= 4 is 11.9 Å². The monoisotopic (exact) mass is 312 g/mol. The molecule has 0 radical (unpaired) electrons. The van der Waals surface area contributed by atoms with Crippen LogP contribution < -0.4 is 10.6 Å². The molecular weight excluding hydrogens is 284 g/mol. The van der Waals surface area contributed by atoms with Crippen LogP contribution in [-0.2, 0) is 16.0 Å². The molecule has 0 atom stereocenters. The summed E-state index contributed by atoms with van der Waals surface area (Å²) in [5.74, 6) is 0.549. The fourth-order valence-corrected chi connectivity index (χ4v) is 1.67. The molecule has 1 rings (SSSR count). The molecule has 0 unspecified atom stereocenters. The van der Waals surface area contributed by atoms with Crippen molar-refractivity contribution in [2.45, 2.75) is 58.8 Å². The third-order valence-corrected chi connectivity index (χ3v) is 3.12. The van der Waals surface area contributed by atoms with Gasteiger partial charge >= 0.3 is 6.09 Å². The summed E-state index contributed by atoms with van der Waals surface area (Å²) >= 11 is 0. The van der Waals surface area contributed by atoms with Crippen molar-refractivity contribution < 1.29 is 14.3 Å². The summed E-state index contributed by atoms with van der Waals surface area (Å²) in [5, 5.41) is 12.7. The van der Waals surface area contributed by atoms with Crippen molar-refractivity contribution in [2.24, 2.45) is 0 Å². The van der Waals surface area contributed by atoms with Crippen molar-refractivity contribution in [3.63, 3.8) is 0 Å². The van der Waals surface area contributed by atoms with Gasteiger partial charge in [-0.25, -0.2) is 4.79 Å². The first-order chi connectivity index (χ1) is 10.1. The maximum Gasteiger partial charge on any atom is 0.413 e. The van der Waals surface area contributed by atoms with E-state index in [1.165, 1.54) is 0 Å². The molecule has 0 aliphatic heterocycles. The van der Waals surface area contributed by atoms with Crippen LogP contribution in [0.4, 0.5) is 10.6 Å². The van der Waals surface area contributed by atoms with E-state index in [2.05, 4.69) is 20.8 Å². The van der Waals surface area contributed by atoms with E-state index in [0.29, 0.717) is 12.4 Å². The lowest BCUT2D eigenvalue weighted by atomic mass is 10.1. The normalized spacial score (nSPS) is 12.3. The summed E-state index contributed by atoms with van der Waals surface area (Å²) in [5.41, 5.74) is 0.191. The fraction of sp³-hybridized carbons (Fsp3) is 0.733. The number of anilines is 1. The number of hydrogen-bond donors (Lipinski definition) is 3. The first-order valence-corrected chi connectivity index (χ1v) is 7.41. The molecule has 1 heterocycles. The van der Waals surface area contributed by atoms with Gasteiger partial charge in [0, 0.05) is 19.2 Å². The number of carbonyl (C=O) groups excluding carboxylic acids is 1. The summed E-state index contributed by atoms with van der Waals surface area (Å²) < 4.78 is 10.6. The van der Waals surface area contributed by atoms with E-state index >= 15 is 0 Å². The van der Waals surface area contributed by atoms with Crippen LogP contribution in [0.5, 0.6) is 0 Å². The third kappa shape index (κ3) is 6.91. The molecular formula is C15H28N4O3. The van der Waals surface area contributed by atoms with Crippen LogP contribution in [0.3, 0.4) is 0 Å². The van der Waals surface area contributed by atoms with E-state index in [9.17, 15) is 4.79 Å². The van der Waals surface area contributed by atoms with Gasteiger partial charge in [-0.15, -0.1) is 0 Å². The van der Waals surface area contributed by atoms with Crippen molar-refractivity contribution in [3.05, 3.63) is 11.8 Å². The van der Waals surface area contributed by atoms with Crippen LogP contribution in [0, 0.1) is 0 Å². The first-order valence-electron chi connectivity index (χ1n) is 7.41. The van der Waals surface area contributed by atoms with Crippen LogP contribution in [0.25, 0.3) is 0 Å². The molecule has 0 aromatic carbocycles. The SMILES string of the molecule is COC(C)(C)CCNCc1cn[nH]c1NC(=O)OC(C)(C)C. The minimum absolute atomic E-state index is 0.152. The molecule has 1 aromatic rings. The lowest BCUT2D eigenvalue weighted by molar-refractivity contribution is 0.0158. The van der Waals surface area contributed by atoms with Gasteiger partial charge in [0.1, 0.15) is 11.4 Å². The van der Waals surface area contributed by atoms with E-state index < -0.39 is 11.7 Å². The smallest absolute Gasteiger partial charge is 0.413 e. The van der Waals surface area contributed by atoms with Gasteiger partial charge in [0.15, 0.2) is 0 Å². The molecule has 0 bridgehead atoms. The Hall–Kier alpha value is -1.60. The van der Waals surface area contributed by atoms with Gasteiger partial charge in [0.05, 0.1) is 11.8 Å². The fourth-order valence-electron chi connectivity index (χ4n) is 1.67. The molecule has 1 amide bonds. The molecule has 0 spiro atoms. The van der Waals surface area contributed by atoms with E-state index in [-0.39, 0.29) is 5.60 Å². The maximum absolute atomic E-state index is 11.8. The van der Waals surface area contributed by atoms with Gasteiger partial charge < -0.3 is 14.8 Å². The number of rotatable bonds is 7. The second kappa shape index (κ2) is 7.60. The second-order valence-corrected chi connectivity index (χ2v) is 6.79. The molecule has 0 aliphatic carbocycles. The predicted molar refractivity (Wildman–Crippen MR) is 85.9 cm³/mol. The van der Waals surface area contributed by atoms with Crippen molar-refractivity contribution in [1.82, 2.24) is 15.5 Å². The van der Waals surface area contributed by atoms with Gasteiger partial charge in [-0.2, -0.15) is 5.10 Å². The molecule has 0 saturated carbocycles. The van der Waals surface area contributed by atoms with Crippen LogP contribution in [0.15, 0.2) is 6.20 Å². The van der Waals surface area contributed by atoms with Gasteiger partial charge in [-0.05, 0) is 47.6 Å². The predicted octanol–water partition coefficient (Wildman–Crippen LogP) is 2.66. The lowest BCUT2D eigenvalue weighted by Crippen LogP contribution is -2.29. The number of methoxy groups -OCH3 is 1. The highest BCUT2D eigenvalue weighted by Crippen LogP contribution is 2.15. The number of ether oxygens (including phenoxy) is 2. The standard InChI is InChI=1S/C15H28N4O3/c1-14(2,3)22-13(20)18-12-11(10-17-19-12)9-16-8-7-15(4,5)21-6/h10,16H,7-9H2,1-6H3,(H2,17,18,19,20). The number of H-pyrrole nitrogens is 1. The summed E-state index contributed by atoms with van der Waals surface area (Å²) in [6.45, 7) is 10.9. The average Bonchev–Trinajstić information content (AvgIpc) is 2.79. The Kier molecular flexibility index (Phi) is 6.37. The highest BCUT2D eigenvalue weighted by molar-refractivity contribution is 5.84. The number of nitrogens with zero attached hydrogens (tertiary/aromatic N) is 1. The Bertz CT molecular complexity index is 477. The second-order valence-electron chi connectivity index (χ2n) is 6.79. The van der Waals surface area contributed by atoms with E-state index in [1.54, 1.807) is 13.3 Å². The Morgan fingerprint density at radius 1 is 1.32 bits per heavy atom. The van der Waals surface area contributed by atoms with Gasteiger partial charge in [0.2, 0.25) is 0 Å². The van der Waals surface area contributed by atoms with Gasteiger partial charge in [-0.1, -0.05) is 0 Å². The van der Waals surface area contributed by atoms with E-state index in [1.807, 2.05) is 34.6 Å². The molecule has 22 heavy (non-hydrogen) atoms. The zero-order valence-corrected chi connectivity index (χ0v) is 14.4. The lowest BCUT2D eigenvalue weighted by Gasteiger charge is -2.22. The minimum atomic E-state index is -0.533. The summed E-state index contributed by atoms with van der Waals surface area (Å²) in [4.78, 5) is 11.8. The maximum atomic E-state index is 11.8. The van der Waals surface area contributed by atoms with E-state index in [0.717, 1.165) is 18.5 Å². The molecule has 1 aromatic heterocycles. The third-order valence-electron chi connectivity index (χ3n) is 3.12. The van der Waals surface area contributed by atoms with Gasteiger partial charge in [0.25, 0.3) is 0 Å². The van der Waals surface area contributed by atoms with Gasteiger partial charge in [-0.3, -0.25) is 10.4 Å². The topological polar surface area (TPSA) is 88.3 Å². The van der Waals surface area contributed by atoms with Crippen molar-refractivity contribution in [3.8, 4) is 0 Å². The molecule has 3 N–H and O–H groups in total. The number of aromatic amines is 1. The Morgan fingerprint density at radius 3 is 2.59 bits per heavy atom. The minimum Gasteiger partial charge on any atom is -0.444 e. The molecule has 7 nitrogen and oxygen atoms in total. The van der Waals surface area contributed by atoms with E-state index in [4.69, 9.17) is 9.47 Å². The number of amides is 1.